The van der Waals surface area contributed by atoms with E-state index in [2.05, 4.69) is 53.6 Å². The minimum Gasteiger partial charge on any atom is -0.367 e. The lowest BCUT2D eigenvalue weighted by Crippen LogP contribution is -2.41. The molecule has 1 aliphatic heterocycles. The molecule has 2 nitrogen and oxygen atoms in total. The fourth-order valence-corrected chi connectivity index (χ4v) is 3.56. The molecule has 0 bridgehead atoms. The van der Waals surface area contributed by atoms with Crippen LogP contribution in [0.15, 0.2) is 41.8 Å². The fourth-order valence-electron chi connectivity index (χ4n) is 2.84. The second-order valence-electron chi connectivity index (χ2n) is 5.29. The van der Waals surface area contributed by atoms with Crippen LogP contribution in [0.1, 0.15) is 29.8 Å². The molecule has 1 aromatic heterocycles. The molecule has 0 radical (unpaired) electrons. The van der Waals surface area contributed by atoms with Crippen molar-refractivity contribution in [1.29, 1.82) is 0 Å². The van der Waals surface area contributed by atoms with Crippen molar-refractivity contribution in [3.05, 3.63) is 52.2 Å². The molecule has 3 heteroatoms. The van der Waals surface area contributed by atoms with Crippen LogP contribution in [0, 0.1) is 0 Å². The first-order chi connectivity index (χ1) is 9.25. The number of anilines is 1. The molecule has 2 atom stereocenters. The molecular formula is C16H20N2S. The van der Waals surface area contributed by atoms with E-state index in [1.54, 1.807) is 11.3 Å². The summed E-state index contributed by atoms with van der Waals surface area (Å²) in [5.41, 5.74) is 9.18. The second-order valence-corrected chi connectivity index (χ2v) is 6.27. The Morgan fingerprint density at radius 1 is 1.32 bits per heavy atom. The lowest BCUT2D eigenvalue weighted by atomic mass is 9.96. The van der Waals surface area contributed by atoms with E-state index in [4.69, 9.17) is 5.73 Å². The summed E-state index contributed by atoms with van der Waals surface area (Å²) in [4.78, 5) is 3.75. The molecule has 3 rings (SSSR count). The smallest absolute Gasteiger partial charge is 0.0568 e. The van der Waals surface area contributed by atoms with Gasteiger partial charge in [-0.1, -0.05) is 24.3 Å². The van der Waals surface area contributed by atoms with Gasteiger partial charge in [0.25, 0.3) is 0 Å². The third-order valence-corrected chi connectivity index (χ3v) is 4.97. The van der Waals surface area contributed by atoms with Crippen molar-refractivity contribution in [2.75, 3.05) is 11.4 Å². The van der Waals surface area contributed by atoms with Crippen molar-refractivity contribution in [3.63, 3.8) is 0 Å². The number of hydrogen-bond donors (Lipinski definition) is 1. The van der Waals surface area contributed by atoms with E-state index < -0.39 is 0 Å². The number of para-hydroxylation sites is 1. The molecular weight excluding hydrogens is 252 g/mol. The van der Waals surface area contributed by atoms with Crippen molar-refractivity contribution in [2.24, 2.45) is 5.73 Å². The third-order valence-electron chi connectivity index (χ3n) is 3.97. The summed E-state index contributed by atoms with van der Waals surface area (Å²) < 4.78 is 0. The largest absolute Gasteiger partial charge is 0.367 e. The highest BCUT2D eigenvalue weighted by Crippen LogP contribution is 2.32. The van der Waals surface area contributed by atoms with Gasteiger partial charge in [-0.15, -0.1) is 11.3 Å². The zero-order chi connectivity index (χ0) is 13.2. The molecule has 0 saturated carbocycles. The van der Waals surface area contributed by atoms with Crippen LogP contribution in [0.4, 0.5) is 5.69 Å². The fraction of sp³-hybridized carbons (Fsp3) is 0.375. The van der Waals surface area contributed by atoms with Gasteiger partial charge >= 0.3 is 0 Å². The van der Waals surface area contributed by atoms with Crippen molar-refractivity contribution < 1.29 is 0 Å². The number of hydrogen-bond acceptors (Lipinski definition) is 3. The molecule has 2 unspecified atom stereocenters. The van der Waals surface area contributed by atoms with E-state index in [0.717, 1.165) is 6.54 Å². The number of thiophene rings is 1. The lowest BCUT2D eigenvalue weighted by Gasteiger charge is -2.38. The molecule has 0 fully saturated rings. The van der Waals surface area contributed by atoms with Crippen molar-refractivity contribution in [3.8, 4) is 0 Å². The van der Waals surface area contributed by atoms with Crippen molar-refractivity contribution in [1.82, 2.24) is 0 Å². The SMILES string of the molecule is CC1CCc2ccccc2N1CC(N)c1cccs1. The van der Waals surface area contributed by atoms with Gasteiger partial charge in [0.15, 0.2) is 0 Å². The van der Waals surface area contributed by atoms with E-state index in [-0.39, 0.29) is 6.04 Å². The average molecular weight is 272 g/mol. The Hall–Kier alpha value is -1.32. The Labute approximate surface area is 118 Å². The molecule has 100 valence electrons. The third kappa shape index (κ3) is 2.53. The maximum atomic E-state index is 6.36. The summed E-state index contributed by atoms with van der Waals surface area (Å²) >= 11 is 1.75. The van der Waals surface area contributed by atoms with Gasteiger partial charge in [-0.2, -0.15) is 0 Å². The molecule has 1 aromatic carbocycles. The van der Waals surface area contributed by atoms with Gasteiger partial charge < -0.3 is 10.6 Å². The van der Waals surface area contributed by atoms with Crippen LogP contribution in [0.2, 0.25) is 0 Å². The average Bonchev–Trinajstić information content (AvgIpc) is 2.96. The number of fused-ring (bicyclic) bond motifs is 1. The number of nitrogens with two attached hydrogens (primary N) is 1. The first kappa shape index (κ1) is 12.7. The summed E-state index contributed by atoms with van der Waals surface area (Å²) in [7, 11) is 0. The summed E-state index contributed by atoms with van der Waals surface area (Å²) in [5, 5.41) is 2.10. The molecule has 0 saturated heterocycles. The molecule has 1 aliphatic rings. The van der Waals surface area contributed by atoms with Crippen LogP contribution in [-0.4, -0.2) is 12.6 Å². The van der Waals surface area contributed by atoms with E-state index >= 15 is 0 Å². The lowest BCUT2D eigenvalue weighted by molar-refractivity contribution is 0.535. The molecule has 2 N–H and O–H groups in total. The second kappa shape index (κ2) is 5.35. The monoisotopic (exact) mass is 272 g/mol. The van der Waals surface area contributed by atoms with Crippen LogP contribution in [0.3, 0.4) is 0 Å². The molecule has 0 aliphatic carbocycles. The highest BCUT2D eigenvalue weighted by atomic mass is 32.1. The van der Waals surface area contributed by atoms with Crippen molar-refractivity contribution >= 4 is 17.0 Å². The van der Waals surface area contributed by atoms with Gasteiger partial charge in [0.2, 0.25) is 0 Å². The summed E-state index contributed by atoms with van der Waals surface area (Å²) in [6.45, 7) is 3.20. The quantitative estimate of drug-likeness (QED) is 0.925. The number of aryl methyl sites for hydroxylation is 1. The van der Waals surface area contributed by atoms with E-state index in [0.29, 0.717) is 6.04 Å². The van der Waals surface area contributed by atoms with Gasteiger partial charge in [-0.05, 0) is 42.8 Å². The maximum Gasteiger partial charge on any atom is 0.0568 e. The summed E-state index contributed by atoms with van der Waals surface area (Å²) in [6.07, 6.45) is 2.40. The predicted molar refractivity (Wildman–Crippen MR) is 82.8 cm³/mol. The minimum atomic E-state index is 0.105. The molecule has 0 spiro atoms. The van der Waals surface area contributed by atoms with E-state index in [1.807, 2.05) is 0 Å². The zero-order valence-corrected chi connectivity index (χ0v) is 12.1. The van der Waals surface area contributed by atoms with Gasteiger partial charge in [0.1, 0.15) is 0 Å². The Morgan fingerprint density at radius 2 is 2.16 bits per heavy atom. The van der Waals surface area contributed by atoms with Gasteiger partial charge in [-0.3, -0.25) is 0 Å². The summed E-state index contributed by atoms with van der Waals surface area (Å²) in [5.74, 6) is 0. The van der Waals surface area contributed by atoms with Crippen LogP contribution >= 0.6 is 11.3 Å². The maximum absolute atomic E-state index is 6.36. The summed E-state index contributed by atoms with van der Waals surface area (Å²) in [6, 6.07) is 13.6. The van der Waals surface area contributed by atoms with Crippen LogP contribution in [0.25, 0.3) is 0 Å². The first-order valence-electron chi connectivity index (χ1n) is 6.89. The first-order valence-corrected chi connectivity index (χ1v) is 7.77. The molecule has 2 heterocycles. The Morgan fingerprint density at radius 3 is 2.95 bits per heavy atom. The topological polar surface area (TPSA) is 29.3 Å². The number of rotatable bonds is 3. The molecule has 2 aromatic rings. The predicted octanol–water partition coefficient (Wildman–Crippen LogP) is 3.59. The standard InChI is InChI=1S/C16H20N2S/c1-12-8-9-13-5-2-3-6-15(13)18(12)11-14(17)16-7-4-10-19-16/h2-7,10,12,14H,8-9,11,17H2,1H3. The van der Waals surface area contributed by atoms with Crippen LogP contribution in [-0.2, 0) is 6.42 Å². The van der Waals surface area contributed by atoms with Gasteiger partial charge in [-0.25, -0.2) is 0 Å². The molecule has 0 amide bonds. The number of benzene rings is 1. The Kier molecular flexibility index (Phi) is 3.58. The van der Waals surface area contributed by atoms with Crippen LogP contribution < -0.4 is 10.6 Å². The van der Waals surface area contributed by atoms with E-state index in [1.165, 1.54) is 29.0 Å². The Balaban J connectivity index is 1.84. The zero-order valence-electron chi connectivity index (χ0n) is 11.3. The van der Waals surface area contributed by atoms with E-state index in [9.17, 15) is 0 Å². The Bertz CT molecular complexity index is 535. The van der Waals surface area contributed by atoms with Gasteiger partial charge in [0, 0.05) is 23.2 Å². The molecule has 19 heavy (non-hydrogen) atoms. The number of nitrogens with zero attached hydrogens (tertiary/aromatic N) is 1. The highest BCUT2D eigenvalue weighted by molar-refractivity contribution is 7.10. The minimum absolute atomic E-state index is 0.105. The normalized spacial score (nSPS) is 20.1. The van der Waals surface area contributed by atoms with Crippen molar-refractivity contribution in [2.45, 2.75) is 31.8 Å². The van der Waals surface area contributed by atoms with Gasteiger partial charge in [0.05, 0.1) is 6.04 Å². The highest BCUT2D eigenvalue weighted by Gasteiger charge is 2.24. The van der Waals surface area contributed by atoms with Crippen LogP contribution in [0.5, 0.6) is 0 Å².